The Hall–Kier alpha value is -1.09. The van der Waals surface area contributed by atoms with Crippen LogP contribution in [0.2, 0.25) is 0 Å². The first-order valence-corrected chi connectivity index (χ1v) is 7.13. The molecule has 0 radical (unpaired) electrons. The molecule has 0 bridgehead atoms. The number of anilines is 1. The summed E-state index contributed by atoms with van der Waals surface area (Å²) in [5, 5.41) is 3.51. The molecule has 1 aromatic heterocycles. The second kappa shape index (κ2) is 6.19. The quantitative estimate of drug-likeness (QED) is 0.803. The fourth-order valence-corrected chi connectivity index (χ4v) is 2.14. The van der Waals surface area contributed by atoms with Gasteiger partial charge in [0.1, 0.15) is 5.82 Å². The summed E-state index contributed by atoms with van der Waals surface area (Å²) in [7, 11) is 2.14. The first kappa shape index (κ1) is 13.3. The van der Waals surface area contributed by atoms with Gasteiger partial charge >= 0.3 is 0 Å². The third-order valence-corrected chi connectivity index (χ3v) is 3.67. The second-order valence-electron chi connectivity index (χ2n) is 5.39. The summed E-state index contributed by atoms with van der Waals surface area (Å²) >= 11 is 0. The number of nitrogens with zero attached hydrogens (tertiary/aromatic N) is 2. The standard InChI is InChI=1S/C15H25N3/c1-4-6-12(2)18(3)15-8-5-7-14(17-15)11-16-13-9-10-13/h5,7-8,12-13,16H,4,6,9-11H2,1-3H3. The van der Waals surface area contributed by atoms with Gasteiger partial charge in [0.15, 0.2) is 0 Å². The van der Waals surface area contributed by atoms with E-state index in [0.717, 1.165) is 24.1 Å². The Morgan fingerprint density at radius 2 is 2.22 bits per heavy atom. The number of nitrogens with one attached hydrogen (secondary N) is 1. The second-order valence-corrected chi connectivity index (χ2v) is 5.39. The highest BCUT2D eigenvalue weighted by Crippen LogP contribution is 2.20. The molecule has 0 spiro atoms. The minimum atomic E-state index is 0.550. The Labute approximate surface area is 111 Å². The third-order valence-electron chi connectivity index (χ3n) is 3.67. The fourth-order valence-electron chi connectivity index (χ4n) is 2.14. The molecule has 1 unspecified atom stereocenters. The van der Waals surface area contributed by atoms with E-state index in [1.54, 1.807) is 0 Å². The lowest BCUT2D eigenvalue weighted by Gasteiger charge is -2.26. The molecule has 3 nitrogen and oxygen atoms in total. The van der Waals surface area contributed by atoms with Gasteiger partial charge in [-0.1, -0.05) is 19.4 Å². The molecular formula is C15H25N3. The van der Waals surface area contributed by atoms with E-state index in [-0.39, 0.29) is 0 Å². The van der Waals surface area contributed by atoms with Crippen molar-refractivity contribution in [1.29, 1.82) is 0 Å². The Bertz CT molecular complexity index is 374. The Morgan fingerprint density at radius 1 is 1.44 bits per heavy atom. The lowest BCUT2D eigenvalue weighted by atomic mass is 10.2. The van der Waals surface area contributed by atoms with Gasteiger partial charge in [-0.2, -0.15) is 0 Å². The van der Waals surface area contributed by atoms with Crippen LogP contribution >= 0.6 is 0 Å². The average Bonchev–Trinajstić information content (AvgIpc) is 3.20. The van der Waals surface area contributed by atoms with Crippen LogP contribution in [0.25, 0.3) is 0 Å². The predicted molar refractivity (Wildman–Crippen MR) is 76.9 cm³/mol. The van der Waals surface area contributed by atoms with Crippen molar-refractivity contribution in [3.05, 3.63) is 23.9 Å². The number of rotatable bonds is 7. The molecule has 1 aliphatic rings. The Balaban J connectivity index is 1.96. The minimum Gasteiger partial charge on any atom is -0.357 e. The van der Waals surface area contributed by atoms with Crippen molar-refractivity contribution >= 4 is 5.82 Å². The van der Waals surface area contributed by atoms with Crippen molar-refractivity contribution in [2.24, 2.45) is 0 Å². The van der Waals surface area contributed by atoms with Crippen LogP contribution in [0, 0.1) is 0 Å². The van der Waals surface area contributed by atoms with E-state index < -0.39 is 0 Å². The molecule has 0 amide bonds. The van der Waals surface area contributed by atoms with Crippen LogP contribution in [-0.4, -0.2) is 24.1 Å². The molecule has 0 aliphatic heterocycles. The van der Waals surface area contributed by atoms with Gasteiger partial charge in [0, 0.05) is 25.7 Å². The van der Waals surface area contributed by atoms with Gasteiger partial charge in [0.25, 0.3) is 0 Å². The van der Waals surface area contributed by atoms with Crippen LogP contribution in [0.15, 0.2) is 18.2 Å². The van der Waals surface area contributed by atoms with Crippen molar-refractivity contribution in [3.63, 3.8) is 0 Å². The molecule has 3 heteroatoms. The first-order valence-electron chi connectivity index (χ1n) is 7.13. The van der Waals surface area contributed by atoms with E-state index in [4.69, 9.17) is 4.98 Å². The summed E-state index contributed by atoms with van der Waals surface area (Å²) in [5.74, 6) is 1.09. The van der Waals surface area contributed by atoms with E-state index in [1.807, 2.05) is 0 Å². The zero-order valence-electron chi connectivity index (χ0n) is 11.8. The van der Waals surface area contributed by atoms with Crippen LogP contribution in [0.4, 0.5) is 5.82 Å². The number of hydrogen-bond donors (Lipinski definition) is 1. The molecule has 0 saturated heterocycles. The molecule has 1 aromatic rings. The van der Waals surface area contributed by atoms with Crippen LogP contribution < -0.4 is 10.2 Å². The minimum absolute atomic E-state index is 0.550. The van der Waals surface area contributed by atoms with Crippen molar-refractivity contribution in [1.82, 2.24) is 10.3 Å². The molecule has 1 saturated carbocycles. The molecule has 100 valence electrons. The molecule has 1 N–H and O–H groups in total. The zero-order chi connectivity index (χ0) is 13.0. The van der Waals surface area contributed by atoms with Gasteiger partial charge in [-0.05, 0) is 38.3 Å². The molecular weight excluding hydrogens is 222 g/mol. The zero-order valence-corrected chi connectivity index (χ0v) is 11.8. The van der Waals surface area contributed by atoms with Crippen LogP contribution in [0.3, 0.4) is 0 Å². The molecule has 1 aliphatic carbocycles. The summed E-state index contributed by atoms with van der Waals surface area (Å²) in [5.41, 5.74) is 1.15. The normalized spacial score (nSPS) is 16.6. The van der Waals surface area contributed by atoms with Crippen molar-refractivity contribution in [2.45, 2.75) is 58.2 Å². The van der Waals surface area contributed by atoms with Crippen molar-refractivity contribution < 1.29 is 0 Å². The van der Waals surface area contributed by atoms with E-state index in [0.29, 0.717) is 6.04 Å². The van der Waals surface area contributed by atoms with E-state index in [9.17, 15) is 0 Å². The van der Waals surface area contributed by atoms with Gasteiger partial charge in [-0.3, -0.25) is 0 Å². The Kier molecular flexibility index (Phi) is 4.59. The van der Waals surface area contributed by atoms with E-state index >= 15 is 0 Å². The topological polar surface area (TPSA) is 28.2 Å². The summed E-state index contributed by atoms with van der Waals surface area (Å²) in [6.07, 6.45) is 5.08. The first-order chi connectivity index (χ1) is 8.70. The highest BCUT2D eigenvalue weighted by atomic mass is 15.2. The molecule has 1 heterocycles. The average molecular weight is 247 g/mol. The van der Waals surface area contributed by atoms with Gasteiger partial charge in [-0.15, -0.1) is 0 Å². The van der Waals surface area contributed by atoms with Gasteiger partial charge in [0.2, 0.25) is 0 Å². The number of hydrogen-bond acceptors (Lipinski definition) is 3. The van der Waals surface area contributed by atoms with Crippen LogP contribution in [0.5, 0.6) is 0 Å². The van der Waals surface area contributed by atoms with E-state index in [2.05, 4.69) is 49.3 Å². The lowest BCUT2D eigenvalue weighted by Crippen LogP contribution is -2.29. The third kappa shape index (κ3) is 3.70. The fraction of sp³-hybridized carbons (Fsp3) is 0.667. The smallest absolute Gasteiger partial charge is 0.128 e. The molecule has 18 heavy (non-hydrogen) atoms. The number of aromatic nitrogens is 1. The van der Waals surface area contributed by atoms with Crippen molar-refractivity contribution in [3.8, 4) is 0 Å². The molecule has 1 fully saturated rings. The van der Waals surface area contributed by atoms with Gasteiger partial charge < -0.3 is 10.2 Å². The maximum atomic E-state index is 4.74. The number of pyridine rings is 1. The largest absolute Gasteiger partial charge is 0.357 e. The van der Waals surface area contributed by atoms with Crippen LogP contribution in [0.1, 0.15) is 45.2 Å². The predicted octanol–water partition coefficient (Wildman–Crippen LogP) is 2.96. The monoisotopic (exact) mass is 247 g/mol. The SMILES string of the molecule is CCCC(C)N(C)c1cccc(CNC2CC2)n1. The highest BCUT2D eigenvalue weighted by molar-refractivity contribution is 5.39. The van der Waals surface area contributed by atoms with Crippen molar-refractivity contribution in [2.75, 3.05) is 11.9 Å². The lowest BCUT2D eigenvalue weighted by molar-refractivity contribution is 0.608. The van der Waals surface area contributed by atoms with E-state index in [1.165, 1.54) is 25.7 Å². The van der Waals surface area contributed by atoms with Crippen LogP contribution in [-0.2, 0) is 6.54 Å². The molecule has 2 rings (SSSR count). The Morgan fingerprint density at radius 3 is 2.89 bits per heavy atom. The summed E-state index contributed by atoms with van der Waals surface area (Å²) in [6, 6.07) is 7.62. The molecule has 1 atom stereocenters. The van der Waals surface area contributed by atoms with Gasteiger partial charge in [0.05, 0.1) is 5.69 Å². The highest BCUT2D eigenvalue weighted by Gasteiger charge is 2.20. The summed E-state index contributed by atoms with van der Waals surface area (Å²) in [6.45, 7) is 5.39. The van der Waals surface area contributed by atoms with Gasteiger partial charge in [-0.25, -0.2) is 4.98 Å². The maximum Gasteiger partial charge on any atom is 0.128 e. The summed E-state index contributed by atoms with van der Waals surface area (Å²) in [4.78, 5) is 7.02. The molecule has 0 aromatic carbocycles. The summed E-state index contributed by atoms with van der Waals surface area (Å²) < 4.78 is 0. The maximum absolute atomic E-state index is 4.74.